The van der Waals surface area contributed by atoms with Crippen LogP contribution < -0.4 is 11.1 Å². The van der Waals surface area contributed by atoms with Gasteiger partial charge < -0.3 is 30.2 Å². The van der Waals surface area contributed by atoms with Crippen LogP contribution in [0.25, 0.3) is 21.8 Å². The number of carbonyl (C=O) groups is 2. The number of ether oxygens (including phenoxy) is 1. The van der Waals surface area contributed by atoms with E-state index in [4.69, 9.17) is 14.9 Å². The summed E-state index contributed by atoms with van der Waals surface area (Å²) in [6.45, 7) is 1.93. The number of fused-ring (bicyclic) bond motifs is 2. The zero-order valence-electron chi connectivity index (χ0n) is 19.8. The van der Waals surface area contributed by atoms with E-state index < -0.39 is 24.0 Å². The molecule has 0 radical (unpaired) electrons. The predicted octanol–water partition coefficient (Wildman–Crippen LogP) is 3.78. The van der Waals surface area contributed by atoms with Gasteiger partial charge in [-0.25, -0.2) is 9.78 Å². The molecule has 2 atom stereocenters. The van der Waals surface area contributed by atoms with Crippen LogP contribution in [0.5, 0.6) is 0 Å². The van der Waals surface area contributed by atoms with Crippen molar-refractivity contribution in [1.29, 1.82) is 0 Å². The highest BCUT2D eigenvalue weighted by molar-refractivity contribution is 5.95. The lowest BCUT2D eigenvalue weighted by molar-refractivity contribution is -0.145. The van der Waals surface area contributed by atoms with Gasteiger partial charge in [0.2, 0.25) is 5.89 Å². The van der Waals surface area contributed by atoms with E-state index >= 15 is 0 Å². The van der Waals surface area contributed by atoms with E-state index in [2.05, 4.69) is 20.3 Å². The fourth-order valence-electron chi connectivity index (χ4n) is 4.38. The van der Waals surface area contributed by atoms with Crippen LogP contribution in [0.1, 0.15) is 40.5 Å². The Morgan fingerprint density at radius 1 is 1.00 bits per heavy atom. The molecular weight excluding hydrogens is 458 g/mol. The number of oxazole rings is 1. The van der Waals surface area contributed by atoms with Crippen molar-refractivity contribution in [3.05, 3.63) is 89.9 Å². The lowest BCUT2D eigenvalue weighted by atomic mass is 10.0. The van der Waals surface area contributed by atoms with E-state index in [1.807, 2.05) is 60.9 Å². The van der Waals surface area contributed by atoms with Crippen LogP contribution in [0.3, 0.4) is 0 Å². The van der Waals surface area contributed by atoms with E-state index in [1.54, 1.807) is 6.92 Å². The molecule has 3 aromatic heterocycles. The summed E-state index contributed by atoms with van der Waals surface area (Å²) in [4.78, 5) is 36.4. The first-order chi connectivity index (χ1) is 17.5. The highest BCUT2D eigenvalue weighted by atomic mass is 16.5. The molecule has 5 rings (SSSR count). The van der Waals surface area contributed by atoms with E-state index in [1.165, 1.54) is 6.26 Å². The Morgan fingerprint density at radius 2 is 1.61 bits per heavy atom. The molecular formula is C27H27N5O4. The summed E-state index contributed by atoms with van der Waals surface area (Å²) in [5.41, 5.74) is 10.3. The number of benzene rings is 2. The van der Waals surface area contributed by atoms with Crippen LogP contribution in [0, 0.1) is 0 Å². The molecule has 0 spiro atoms. The minimum absolute atomic E-state index is 0.0487. The van der Waals surface area contributed by atoms with Crippen LogP contribution in [0.2, 0.25) is 0 Å². The Hall–Kier alpha value is -4.37. The number of hydrogen-bond donors (Lipinski definition) is 4. The number of nitrogens with zero attached hydrogens (tertiary/aromatic N) is 1. The summed E-state index contributed by atoms with van der Waals surface area (Å²) < 4.78 is 10.7. The van der Waals surface area contributed by atoms with Gasteiger partial charge in [0.15, 0.2) is 5.69 Å². The minimum Gasteiger partial charge on any atom is -0.464 e. The molecule has 3 heterocycles. The SMILES string of the molecule is CCOC(=O)C(Cc1c[nH]c2ccccc12)NC(=O)c1coc(C(N)Cc2c[nH]c3ccccc23)n1. The zero-order chi connectivity index (χ0) is 25.1. The van der Waals surface area contributed by atoms with Gasteiger partial charge >= 0.3 is 5.97 Å². The maximum absolute atomic E-state index is 13.0. The summed E-state index contributed by atoms with van der Waals surface area (Å²) in [6, 6.07) is 14.3. The quantitative estimate of drug-likeness (QED) is 0.234. The maximum atomic E-state index is 13.0. The third-order valence-corrected chi connectivity index (χ3v) is 6.16. The maximum Gasteiger partial charge on any atom is 0.328 e. The van der Waals surface area contributed by atoms with Gasteiger partial charge in [-0.2, -0.15) is 0 Å². The van der Waals surface area contributed by atoms with Crippen LogP contribution >= 0.6 is 0 Å². The molecule has 0 aliphatic carbocycles. The normalized spacial score (nSPS) is 13.1. The molecule has 5 aromatic rings. The number of aromatic nitrogens is 3. The lowest BCUT2D eigenvalue weighted by Gasteiger charge is -2.16. The number of H-pyrrole nitrogens is 2. The van der Waals surface area contributed by atoms with Gasteiger partial charge in [0.1, 0.15) is 12.3 Å². The number of esters is 1. The van der Waals surface area contributed by atoms with Gasteiger partial charge in [0.05, 0.1) is 12.6 Å². The highest BCUT2D eigenvalue weighted by Crippen LogP contribution is 2.23. The molecule has 0 aliphatic heterocycles. The molecule has 9 heteroatoms. The van der Waals surface area contributed by atoms with Gasteiger partial charge in [-0.05, 0) is 36.6 Å². The topological polar surface area (TPSA) is 139 Å². The number of nitrogens with one attached hydrogen (secondary N) is 3. The smallest absolute Gasteiger partial charge is 0.328 e. The highest BCUT2D eigenvalue weighted by Gasteiger charge is 2.26. The number of nitrogens with two attached hydrogens (primary N) is 1. The minimum atomic E-state index is -0.892. The van der Waals surface area contributed by atoms with Crippen molar-refractivity contribution >= 4 is 33.7 Å². The molecule has 0 saturated carbocycles. The summed E-state index contributed by atoms with van der Waals surface area (Å²) in [5.74, 6) is -0.812. The van der Waals surface area contributed by atoms with Crippen molar-refractivity contribution in [2.45, 2.75) is 31.8 Å². The molecule has 36 heavy (non-hydrogen) atoms. The Morgan fingerprint density at radius 3 is 2.25 bits per heavy atom. The van der Waals surface area contributed by atoms with E-state index in [-0.39, 0.29) is 24.6 Å². The third kappa shape index (κ3) is 4.73. The first-order valence-electron chi connectivity index (χ1n) is 11.8. The summed E-state index contributed by atoms with van der Waals surface area (Å²) in [6.07, 6.45) is 5.75. The number of para-hydroxylation sites is 2. The van der Waals surface area contributed by atoms with E-state index in [0.29, 0.717) is 6.42 Å². The second kappa shape index (κ2) is 10.1. The predicted molar refractivity (Wildman–Crippen MR) is 135 cm³/mol. The summed E-state index contributed by atoms with van der Waals surface area (Å²) in [5, 5.41) is 4.80. The Labute approximate surface area is 207 Å². The molecule has 0 fully saturated rings. The first kappa shape index (κ1) is 23.4. The number of carbonyl (C=O) groups excluding carboxylic acids is 2. The second-order valence-corrected chi connectivity index (χ2v) is 8.58. The van der Waals surface area contributed by atoms with Crippen LogP contribution in [-0.4, -0.2) is 39.5 Å². The van der Waals surface area contributed by atoms with Gasteiger partial charge in [-0.1, -0.05) is 36.4 Å². The zero-order valence-corrected chi connectivity index (χ0v) is 19.8. The Bertz CT molecular complexity index is 1510. The molecule has 0 saturated heterocycles. The number of amides is 1. The number of rotatable bonds is 9. The molecule has 0 bridgehead atoms. The van der Waals surface area contributed by atoms with Gasteiger partial charge in [-0.3, -0.25) is 4.79 Å². The van der Waals surface area contributed by atoms with Crippen molar-refractivity contribution in [1.82, 2.24) is 20.3 Å². The fraction of sp³-hybridized carbons (Fsp3) is 0.222. The molecule has 0 aliphatic rings. The third-order valence-electron chi connectivity index (χ3n) is 6.16. The molecule has 2 unspecified atom stereocenters. The van der Waals surface area contributed by atoms with E-state index in [0.717, 1.165) is 32.9 Å². The average molecular weight is 486 g/mol. The second-order valence-electron chi connectivity index (χ2n) is 8.58. The molecule has 5 N–H and O–H groups in total. The van der Waals surface area contributed by atoms with Gasteiger partial charge in [0.25, 0.3) is 5.91 Å². The van der Waals surface area contributed by atoms with Crippen LogP contribution in [0.15, 0.2) is 71.6 Å². The van der Waals surface area contributed by atoms with Crippen molar-refractivity contribution in [3.63, 3.8) is 0 Å². The Kier molecular flexibility index (Phi) is 6.55. The monoisotopic (exact) mass is 485 g/mol. The van der Waals surface area contributed by atoms with Crippen LogP contribution in [-0.2, 0) is 22.4 Å². The summed E-state index contributed by atoms with van der Waals surface area (Å²) in [7, 11) is 0. The van der Waals surface area contributed by atoms with E-state index in [9.17, 15) is 9.59 Å². The molecule has 2 aromatic carbocycles. The van der Waals surface area contributed by atoms with Crippen molar-refractivity contribution < 1.29 is 18.7 Å². The van der Waals surface area contributed by atoms with Gasteiger partial charge in [0, 0.05) is 40.6 Å². The molecule has 1 amide bonds. The Balaban J connectivity index is 1.30. The van der Waals surface area contributed by atoms with Crippen molar-refractivity contribution in [2.24, 2.45) is 5.73 Å². The molecule has 184 valence electrons. The fourth-order valence-corrected chi connectivity index (χ4v) is 4.38. The number of aromatic amines is 2. The summed E-state index contributed by atoms with van der Waals surface area (Å²) >= 11 is 0. The van der Waals surface area contributed by atoms with Crippen LogP contribution in [0.4, 0.5) is 0 Å². The average Bonchev–Trinajstić information content (AvgIpc) is 3.63. The largest absolute Gasteiger partial charge is 0.464 e. The number of hydrogen-bond acceptors (Lipinski definition) is 6. The van der Waals surface area contributed by atoms with Gasteiger partial charge in [-0.15, -0.1) is 0 Å². The van der Waals surface area contributed by atoms with Crippen molar-refractivity contribution in [3.8, 4) is 0 Å². The molecule has 9 nitrogen and oxygen atoms in total. The first-order valence-corrected chi connectivity index (χ1v) is 11.8. The van der Waals surface area contributed by atoms with Crippen molar-refractivity contribution in [2.75, 3.05) is 6.61 Å². The lowest BCUT2D eigenvalue weighted by Crippen LogP contribution is -2.43. The standard InChI is InChI=1S/C27H27N5O4/c1-2-35-27(34)23(12-17-14-30-22-10-6-4-8-19(17)22)31-25(33)24-15-36-26(32-24)20(28)11-16-13-29-21-9-5-3-7-18(16)21/h3-10,13-15,20,23,29-30H,2,11-12,28H2,1H3,(H,31,33).